The van der Waals surface area contributed by atoms with Crippen molar-refractivity contribution >= 4 is 29.1 Å². The molecular weight excluding hydrogens is 536 g/mol. The minimum atomic E-state index is -1.85. The summed E-state index contributed by atoms with van der Waals surface area (Å²) >= 11 is 0. The van der Waals surface area contributed by atoms with Gasteiger partial charge in [0.25, 0.3) is 5.91 Å². The molecule has 3 aliphatic rings. The second-order valence-electron chi connectivity index (χ2n) is 11.4. The first-order valence-electron chi connectivity index (χ1n) is 14.7. The summed E-state index contributed by atoms with van der Waals surface area (Å²) in [7, 11) is 1.53. The van der Waals surface area contributed by atoms with Crippen LogP contribution in [0.1, 0.15) is 50.2 Å². The number of nitrogens with one attached hydrogen (secondary N) is 2. The fraction of sp³-hybridized carbons (Fsp3) is 0.469. The lowest BCUT2D eigenvalue weighted by molar-refractivity contribution is -0.139. The highest BCUT2D eigenvalue weighted by Gasteiger charge is 2.52. The van der Waals surface area contributed by atoms with Gasteiger partial charge in [-0.15, -0.1) is 0 Å². The van der Waals surface area contributed by atoms with Gasteiger partial charge in [-0.3, -0.25) is 14.4 Å². The average Bonchev–Trinajstić information content (AvgIpc) is 3.75. The predicted molar refractivity (Wildman–Crippen MR) is 159 cm³/mol. The maximum absolute atomic E-state index is 13.9. The van der Waals surface area contributed by atoms with Crippen molar-refractivity contribution in [3.05, 3.63) is 65.7 Å². The number of nitrogens with zero attached hydrogens (tertiary/aromatic N) is 2. The third-order valence-corrected chi connectivity index (χ3v) is 8.70. The molecule has 10 heteroatoms. The number of hydrogen-bond acceptors (Lipinski definition) is 7. The van der Waals surface area contributed by atoms with Crippen LogP contribution in [0.15, 0.2) is 54.6 Å². The molecular formula is C32H40N4O6. The molecule has 10 nitrogen and oxygen atoms in total. The minimum Gasteiger partial charge on any atom is -0.497 e. The number of hydrogen-bond donors (Lipinski definition) is 4. The monoisotopic (exact) mass is 576 g/mol. The van der Waals surface area contributed by atoms with E-state index in [0.717, 1.165) is 37.8 Å². The topological polar surface area (TPSA) is 131 Å². The normalized spacial score (nSPS) is 24.3. The Labute approximate surface area is 246 Å². The van der Waals surface area contributed by atoms with Crippen molar-refractivity contribution in [2.45, 2.75) is 63.3 Å². The van der Waals surface area contributed by atoms with Gasteiger partial charge in [0.15, 0.2) is 5.60 Å². The van der Waals surface area contributed by atoms with Crippen LogP contribution in [0.3, 0.4) is 0 Å². The van der Waals surface area contributed by atoms with Gasteiger partial charge in [0.2, 0.25) is 11.8 Å². The highest BCUT2D eigenvalue weighted by molar-refractivity contribution is 6.07. The molecule has 0 aromatic heterocycles. The molecule has 0 spiro atoms. The Morgan fingerprint density at radius 1 is 1.19 bits per heavy atom. The van der Waals surface area contributed by atoms with Crippen molar-refractivity contribution in [1.29, 1.82) is 0 Å². The van der Waals surface area contributed by atoms with Gasteiger partial charge in [0.1, 0.15) is 5.75 Å². The van der Waals surface area contributed by atoms with Crippen LogP contribution < -0.4 is 20.3 Å². The maximum Gasteiger partial charge on any atom is 0.264 e. The lowest BCUT2D eigenvalue weighted by atomic mass is 9.83. The smallest absolute Gasteiger partial charge is 0.264 e. The number of aliphatic hydroxyl groups is 2. The molecule has 0 aliphatic carbocycles. The third-order valence-electron chi connectivity index (χ3n) is 8.70. The largest absolute Gasteiger partial charge is 0.497 e. The van der Waals surface area contributed by atoms with E-state index in [4.69, 9.17) is 4.74 Å². The molecule has 2 aromatic carbocycles. The molecule has 224 valence electrons. The average molecular weight is 577 g/mol. The molecule has 2 aromatic rings. The van der Waals surface area contributed by atoms with Crippen LogP contribution in [-0.4, -0.2) is 71.7 Å². The number of likely N-dealkylation sites (tertiary alicyclic amines) is 1. The number of anilines is 2. The van der Waals surface area contributed by atoms with Gasteiger partial charge >= 0.3 is 0 Å². The molecule has 3 aliphatic heterocycles. The summed E-state index contributed by atoms with van der Waals surface area (Å²) in [6.07, 6.45) is 7.00. The van der Waals surface area contributed by atoms with Crippen LogP contribution in [0, 0.1) is 5.92 Å². The zero-order valence-corrected chi connectivity index (χ0v) is 24.2. The van der Waals surface area contributed by atoms with Crippen molar-refractivity contribution in [3.63, 3.8) is 0 Å². The summed E-state index contributed by atoms with van der Waals surface area (Å²) in [5.74, 6) is -0.710. The number of carbonyl (C=O) groups excluding carboxylic acids is 3. The van der Waals surface area contributed by atoms with Gasteiger partial charge in [-0.1, -0.05) is 31.2 Å². The summed E-state index contributed by atoms with van der Waals surface area (Å²) in [5.41, 5.74) is 0.700. The summed E-state index contributed by atoms with van der Waals surface area (Å²) in [6, 6.07) is 12.2. The molecule has 3 amide bonds. The number of fused-ring (bicyclic) bond motifs is 1. The Bertz CT molecular complexity index is 1340. The summed E-state index contributed by atoms with van der Waals surface area (Å²) in [6.45, 7) is 3.41. The molecule has 0 radical (unpaired) electrons. The third kappa shape index (κ3) is 5.79. The quantitative estimate of drug-likeness (QED) is 0.320. The van der Waals surface area contributed by atoms with E-state index in [1.165, 1.54) is 7.11 Å². The zero-order valence-electron chi connectivity index (χ0n) is 24.2. The second kappa shape index (κ2) is 12.6. The van der Waals surface area contributed by atoms with E-state index < -0.39 is 17.4 Å². The molecule has 2 fully saturated rings. The SMILES string of the molecule is COc1ccc2c(c1)[C@](O)([C@@H](C)/C=C/CC(=O)N1CCC[C@H]1CO)C(=O)N2Cc1ccc(NC(=O)[C@H]2CCCN2)cc1. The molecule has 42 heavy (non-hydrogen) atoms. The lowest BCUT2D eigenvalue weighted by Gasteiger charge is -2.28. The molecule has 0 saturated carbocycles. The van der Waals surface area contributed by atoms with Crippen molar-refractivity contribution in [2.24, 2.45) is 5.92 Å². The number of methoxy groups -OCH3 is 1. The van der Waals surface area contributed by atoms with Crippen molar-refractivity contribution in [1.82, 2.24) is 10.2 Å². The fourth-order valence-corrected chi connectivity index (χ4v) is 6.21. The Hall–Kier alpha value is -3.73. The van der Waals surface area contributed by atoms with E-state index in [1.54, 1.807) is 47.1 Å². The van der Waals surface area contributed by atoms with E-state index in [1.807, 2.05) is 24.3 Å². The van der Waals surface area contributed by atoms with E-state index >= 15 is 0 Å². The molecule has 0 unspecified atom stereocenters. The number of aliphatic hydroxyl groups excluding tert-OH is 1. The number of ether oxygens (including phenoxy) is 1. The summed E-state index contributed by atoms with van der Waals surface area (Å²) < 4.78 is 5.40. The summed E-state index contributed by atoms with van der Waals surface area (Å²) in [4.78, 5) is 42.4. The van der Waals surface area contributed by atoms with E-state index in [2.05, 4.69) is 10.6 Å². The van der Waals surface area contributed by atoms with Crippen molar-refractivity contribution < 1.29 is 29.3 Å². The van der Waals surface area contributed by atoms with Crippen LogP contribution in [0.4, 0.5) is 11.4 Å². The van der Waals surface area contributed by atoms with Gasteiger partial charge in [-0.05, 0) is 68.1 Å². The first-order valence-corrected chi connectivity index (χ1v) is 14.7. The van der Waals surface area contributed by atoms with E-state index in [9.17, 15) is 24.6 Å². The molecule has 4 N–H and O–H groups in total. The highest BCUT2D eigenvalue weighted by Crippen LogP contribution is 2.47. The Morgan fingerprint density at radius 2 is 1.98 bits per heavy atom. The number of rotatable bonds is 10. The second-order valence-corrected chi connectivity index (χ2v) is 11.4. The Balaban J connectivity index is 1.31. The van der Waals surface area contributed by atoms with Crippen molar-refractivity contribution in [3.8, 4) is 5.75 Å². The van der Waals surface area contributed by atoms with Gasteiger partial charge in [-0.2, -0.15) is 0 Å². The zero-order chi connectivity index (χ0) is 29.9. The number of benzene rings is 2. The number of carbonyl (C=O) groups is 3. The minimum absolute atomic E-state index is 0.0517. The van der Waals surface area contributed by atoms with Crippen LogP contribution in [-0.2, 0) is 26.5 Å². The highest BCUT2D eigenvalue weighted by atomic mass is 16.5. The Morgan fingerprint density at radius 3 is 2.67 bits per heavy atom. The van der Waals surface area contributed by atoms with Crippen LogP contribution in [0.2, 0.25) is 0 Å². The molecule has 5 rings (SSSR count). The van der Waals surface area contributed by atoms with Crippen LogP contribution in [0.5, 0.6) is 5.75 Å². The van der Waals surface area contributed by atoms with Crippen LogP contribution >= 0.6 is 0 Å². The van der Waals surface area contributed by atoms with E-state index in [0.29, 0.717) is 29.2 Å². The molecule has 0 bridgehead atoms. The first-order chi connectivity index (χ1) is 20.3. The molecule has 4 atom stereocenters. The standard InChI is InChI=1S/C32H40N4O6/c1-21(6-3-9-29(38)35-17-5-7-24(35)20-37)32(41)26-18-25(42-2)14-15-28(26)36(31(32)40)19-22-10-12-23(13-11-22)34-30(39)27-8-4-16-33-27/h3,6,10-15,18,21,24,27,33,37,41H,4-5,7-9,16-17,19-20H2,1-2H3,(H,34,39)/b6-3+/t21-,24-,27+,32+/m0/s1. The molecule has 3 heterocycles. The Kier molecular flexibility index (Phi) is 8.96. The fourth-order valence-electron chi connectivity index (χ4n) is 6.21. The lowest BCUT2D eigenvalue weighted by Crippen LogP contribution is -2.44. The maximum atomic E-state index is 13.9. The number of amides is 3. The van der Waals surface area contributed by atoms with Gasteiger partial charge in [0.05, 0.1) is 38.0 Å². The first kappa shape index (κ1) is 29.8. The van der Waals surface area contributed by atoms with Gasteiger partial charge in [-0.25, -0.2) is 0 Å². The van der Waals surface area contributed by atoms with E-state index in [-0.39, 0.29) is 43.5 Å². The summed E-state index contributed by atoms with van der Waals surface area (Å²) in [5, 5.41) is 27.6. The predicted octanol–water partition coefficient (Wildman–Crippen LogP) is 2.69. The van der Waals surface area contributed by atoms with Crippen LogP contribution in [0.25, 0.3) is 0 Å². The molecule has 2 saturated heterocycles. The van der Waals surface area contributed by atoms with Crippen molar-refractivity contribution in [2.75, 3.05) is 37.0 Å². The van der Waals surface area contributed by atoms with Gasteiger partial charge < -0.3 is 35.4 Å². The van der Waals surface area contributed by atoms with Gasteiger partial charge in [0, 0.05) is 30.1 Å².